The average molecular weight is 206 g/mol. The molecule has 0 aromatic heterocycles. The summed E-state index contributed by atoms with van der Waals surface area (Å²) < 4.78 is 0. The quantitative estimate of drug-likeness (QED) is 0.473. The van der Waals surface area contributed by atoms with Gasteiger partial charge in [0.05, 0.1) is 5.69 Å². The van der Waals surface area contributed by atoms with Crippen molar-refractivity contribution in [2.45, 2.75) is 16.7 Å². The average Bonchev–Trinajstić information content (AvgIpc) is 1.97. The third-order valence-corrected chi connectivity index (χ3v) is 2.47. The van der Waals surface area contributed by atoms with E-state index in [9.17, 15) is 0 Å². The van der Waals surface area contributed by atoms with E-state index in [4.69, 9.17) is 11.8 Å². The number of benzene rings is 1. The molecule has 1 aromatic carbocycles. The Hall–Kier alpha value is 0.01000. The largest absolute Gasteiger partial charge is 0.297 e. The zero-order valence-corrected chi connectivity index (χ0v) is 8.47. The van der Waals surface area contributed by atoms with E-state index in [-0.39, 0.29) is 0 Å². The molecule has 0 aliphatic rings. The summed E-state index contributed by atoms with van der Waals surface area (Å²) in [5, 5.41) is 0. The SMILES string of the molecule is Cc1cc(S)c(NCl)cc1S. The van der Waals surface area contributed by atoms with Crippen molar-refractivity contribution in [3.63, 3.8) is 0 Å². The standard InChI is InChI=1S/C7H8ClNS2/c1-4-2-7(11)5(9-8)3-6(4)10/h2-3,9-11H,1H3. The van der Waals surface area contributed by atoms with Crippen LogP contribution in [0.4, 0.5) is 5.69 Å². The van der Waals surface area contributed by atoms with Crippen LogP contribution in [0.15, 0.2) is 21.9 Å². The lowest BCUT2D eigenvalue weighted by molar-refractivity contribution is 1.26. The van der Waals surface area contributed by atoms with Crippen molar-refractivity contribution < 1.29 is 0 Å². The molecule has 0 bridgehead atoms. The molecule has 0 saturated carbocycles. The van der Waals surface area contributed by atoms with Gasteiger partial charge in [-0.3, -0.25) is 4.84 Å². The smallest absolute Gasteiger partial charge is 0.0636 e. The van der Waals surface area contributed by atoms with Gasteiger partial charge in [-0.2, -0.15) is 0 Å². The second-order valence-electron chi connectivity index (χ2n) is 2.25. The van der Waals surface area contributed by atoms with Gasteiger partial charge in [0.15, 0.2) is 0 Å². The first-order valence-corrected chi connectivity index (χ1v) is 4.31. The fourth-order valence-electron chi connectivity index (χ4n) is 0.757. The maximum Gasteiger partial charge on any atom is 0.0636 e. The van der Waals surface area contributed by atoms with Crippen molar-refractivity contribution in [2.75, 3.05) is 4.84 Å². The second kappa shape index (κ2) is 3.61. The lowest BCUT2D eigenvalue weighted by Crippen LogP contribution is -1.85. The summed E-state index contributed by atoms with van der Waals surface area (Å²) in [5.41, 5.74) is 1.87. The van der Waals surface area contributed by atoms with Gasteiger partial charge in [-0.05, 0) is 24.6 Å². The molecule has 11 heavy (non-hydrogen) atoms. The van der Waals surface area contributed by atoms with Gasteiger partial charge in [-0.1, -0.05) is 0 Å². The van der Waals surface area contributed by atoms with Crippen molar-refractivity contribution in [2.24, 2.45) is 0 Å². The zero-order valence-electron chi connectivity index (χ0n) is 5.93. The number of thiol groups is 2. The van der Waals surface area contributed by atoms with Gasteiger partial charge in [0.2, 0.25) is 0 Å². The highest BCUT2D eigenvalue weighted by molar-refractivity contribution is 7.80. The monoisotopic (exact) mass is 205 g/mol. The number of rotatable bonds is 1. The van der Waals surface area contributed by atoms with Gasteiger partial charge in [-0.25, -0.2) is 0 Å². The molecule has 0 unspecified atom stereocenters. The molecule has 0 aliphatic heterocycles. The molecule has 1 nitrogen and oxygen atoms in total. The van der Waals surface area contributed by atoms with Gasteiger partial charge >= 0.3 is 0 Å². The second-order valence-corrected chi connectivity index (χ2v) is 3.40. The predicted octanol–water partition coefficient (Wildman–Crippen LogP) is 3.14. The van der Waals surface area contributed by atoms with Crippen molar-refractivity contribution >= 4 is 42.7 Å². The minimum atomic E-state index is 0.783. The maximum atomic E-state index is 5.42. The number of hydrogen-bond donors (Lipinski definition) is 3. The third-order valence-electron chi connectivity index (χ3n) is 1.42. The molecular formula is C7H8ClNS2. The molecule has 0 amide bonds. The van der Waals surface area contributed by atoms with Gasteiger partial charge in [0.1, 0.15) is 0 Å². The van der Waals surface area contributed by atoms with Crippen molar-refractivity contribution in [1.29, 1.82) is 0 Å². The highest BCUT2D eigenvalue weighted by atomic mass is 35.5. The minimum absolute atomic E-state index is 0.783. The van der Waals surface area contributed by atoms with Crippen LogP contribution in [0.5, 0.6) is 0 Å². The summed E-state index contributed by atoms with van der Waals surface area (Å²) in [6.07, 6.45) is 0. The Balaban J connectivity index is 3.21. The highest BCUT2D eigenvalue weighted by Gasteiger charge is 2.00. The Bertz CT molecular complexity index is 275. The van der Waals surface area contributed by atoms with Crippen LogP contribution >= 0.6 is 37.0 Å². The number of halogens is 1. The fraction of sp³-hybridized carbons (Fsp3) is 0.143. The molecular weight excluding hydrogens is 198 g/mol. The summed E-state index contributed by atoms with van der Waals surface area (Å²) in [4.78, 5) is 4.25. The summed E-state index contributed by atoms with van der Waals surface area (Å²) in [5.74, 6) is 0. The molecule has 0 fully saturated rings. The van der Waals surface area contributed by atoms with E-state index in [0.29, 0.717) is 0 Å². The van der Waals surface area contributed by atoms with Gasteiger partial charge < -0.3 is 0 Å². The molecule has 0 atom stereocenters. The summed E-state index contributed by atoms with van der Waals surface area (Å²) in [6.45, 7) is 1.97. The first-order chi connectivity index (χ1) is 5.15. The maximum absolute atomic E-state index is 5.42. The summed E-state index contributed by atoms with van der Waals surface area (Å²) >= 11 is 13.9. The first kappa shape index (κ1) is 9.10. The van der Waals surface area contributed by atoms with Crippen molar-refractivity contribution in [1.82, 2.24) is 0 Å². The lowest BCUT2D eigenvalue weighted by Gasteiger charge is -2.05. The van der Waals surface area contributed by atoms with Gasteiger partial charge in [0, 0.05) is 21.6 Å². The third kappa shape index (κ3) is 1.98. The Morgan fingerprint density at radius 2 is 1.91 bits per heavy atom. The van der Waals surface area contributed by atoms with E-state index in [2.05, 4.69) is 30.1 Å². The molecule has 0 aliphatic carbocycles. The van der Waals surface area contributed by atoms with Crippen LogP contribution in [0.3, 0.4) is 0 Å². The Morgan fingerprint density at radius 3 is 2.45 bits per heavy atom. The van der Waals surface area contributed by atoms with Crippen molar-refractivity contribution in [3.8, 4) is 0 Å². The predicted molar refractivity (Wildman–Crippen MR) is 55.2 cm³/mol. The van der Waals surface area contributed by atoms with E-state index in [1.807, 2.05) is 19.1 Å². The van der Waals surface area contributed by atoms with E-state index >= 15 is 0 Å². The topological polar surface area (TPSA) is 12.0 Å². The Morgan fingerprint density at radius 1 is 1.27 bits per heavy atom. The van der Waals surface area contributed by atoms with E-state index in [1.165, 1.54) is 0 Å². The van der Waals surface area contributed by atoms with Crippen LogP contribution in [0.25, 0.3) is 0 Å². The van der Waals surface area contributed by atoms with Crippen LogP contribution in [0.2, 0.25) is 0 Å². The van der Waals surface area contributed by atoms with E-state index in [1.54, 1.807) is 0 Å². The van der Waals surface area contributed by atoms with E-state index < -0.39 is 0 Å². The van der Waals surface area contributed by atoms with Crippen LogP contribution < -0.4 is 4.84 Å². The summed E-state index contributed by atoms with van der Waals surface area (Å²) in [7, 11) is 0. The van der Waals surface area contributed by atoms with Crippen molar-refractivity contribution in [3.05, 3.63) is 17.7 Å². The van der Waals surface area contributed by atoms with Crippen LogP contribution in [-0.2, 0) is 0 Å². The molecule has 0 radical (unpaired) electrons. The Kier molecular flexibility index (Phi) is 2.98. The number of nitrogens with one attached hydrogen (secondary N) is 1. The molecule has 0 heterocycles. The Labute approximate surface area is 82.1 Å². The highest BCUT2D eigenvalue weighted by Crippen LogP contribution is 2.26. The lowest BCUT2D eigenvalue weighted by atomic mass is 10.2. The number of aryl methyl sites for hydroxylation is 1. The van der Waals surface area contributed by atoms with Crippen LogP contribution in [0, 0.1) is 6.92 Å². The molecule has 60 valence electrons. The molecule has 4 heteroatoms. The number of anilines is 1. The minimum Gasteiger partial charge on any atom is -0.297 e. The normalized spacial score (nSPS) is 9.82. The first-order valence-electron chi connectivity index (χ1n) is 3.04. The molecule has 1 N–H and O–H groups in total. The van der Waals surface area contributed by atoms with Crippen LogP contribution in [0.1, 0.15) is 5.56 Å². The summed E-state index contributed by atoms with van der Waals surface area (Å²) in [6, 6.07) is 3.75. The molecule has 1 aromatic rings. The van der Waals surface area contributed by atoms with Gasteiger partial charge in [-0.15, -0.1) is 25.3 Å². The molecule has 0 spiro atoms. The molecule has 0 saturated heterocycles. The fourth-order valence-corrected chi connectivity index (χ4v) is 1.49. The van der Waals surface area contributed by atoms with Crippen LogP contribution in [-0.4, -0.2) is 0 Å². The number of hydrogen-bond acceptors (Lipinski definition) is 3. The zero-order chi connectivity index (χ0) is 8.43. The van der Waals surface area contributed by atoms with Gasteiger partial charge in [0.25, 0.3) is 0 Å². The van der Waals surface area contributed by atoms with E-state index in [0.717, 1.165) is 21.0 Å². The molecule has 1 rings (SSSR count).